The fourth-order valence-corrected chi connectivity index (χ4v) is 2.08. The van der Waals surface area contributed by atoms with E-state index in [0.29, 0.717) is 16.4 Å². The lowest BCUT2D eigenvalue weighted by atomic mass is 10.1. The number of carbonyl (C=O) groups is 2. The molecule has 0 aromatic carbocycles. The van der Waals surface area contributed by atoms with Gasteiger partial charge in [-0.05, 0) is 27.7 Å². The van der Waals surface area contributed by atoms with E-state index in [2.05, 4.69) is 15.5 Å². The summed E-state index contributed by atoms with van der Waals surface area (Å²) >= 11 is 6.04. The maximum atomic E-state index is 12.1. The van der Waals surface area contributed by atoms with Crippen molar-refractivity contribution in [2.75, 3.05) is 5.32 Å². The number of halogens is 1. The number of nitrogens with zero attached hydrogens (tertiary/aromatic N) is 4. The fraction of sp³-hybridized carbons (Fsp3) is 0.429. The summed E-state index contributed by atoms with van der Waals surface area (Å²) in [4.78, 5) is 23.3. The summed E-state index contributed by atoms with van der Waals surface area (Å²) in [7, 11) is 0. The van der Waals surface area contributed by atoms with Crippen LogP contribution in [0.2, 0.25) is 5.02 Å². The average molecular weight is 340 g/mol. The van der Waals surface area contributed by atoms with Crippen molar-refractivity contribution in [2.45, 2.75) is 39.8 Å². The van der Waals surface area contributed by atoms with E-state index in [9.17, 15) is 9.59 Å². The van der Waals surface area contributed by atoms with Crippen LogP contribution in [0.25, 0.3) is 0 Å². The molecule has 2 heterocycles. The summed E-state index contributed by atoms with van der Waals surface area (Å²) in [5, 5.41) is 20.6. The van der Waals surface area contributed by atoms with E-state index in [0.717, 1.165) is 0 Å². The first kappa shape index (κ1) is 17.0. The van der Waals surface area contributed by atoms with Crippen molar-refractivity contribution in [1.29, 1.82) is 0 Å². The van der Waals surface area contributed by atoms with Crippen LogP contribution in [0.3, 0.4) is 0 Å². The molecule has 2 aromatic heterocycles. The lowest BCUT2D eigenvalue weighted by Crippen LogP contribution is -2.36. The molecule has 8 nitrogen and oxygen atoms in total. The Bertz CT molecular complexity index is 763. The third-order valence-corrected chi connectivity index (χ3v) is 4.09. The standard InChI is InChI=1S/C14H18ClN5O3/c1-8-12(15)9(2)19(17-8)7-11(21)16-10-5-6-20(18-10)14(3,4)13(22)23/h5-6H,7H2,1-4H3,(H,22,23)(H,16,18,21). The average Bonchev–Trinajstić information content (AvgIpc) is 3.01. The maximum Gasteiger partial charge on any atom is 0.331 e. The minimum Gasteiger partial charge on any atom is -0.479 e. The number of carboxylic acids is 1. The molecule has 0 saturated heterocycles. The monoisotopic (exact) mass is 339 g/mol. The zero-order valence-corrected chi connectivity index (χ0v) is 14.0. The van der Waals surface area contributed by atoms with Gasteiger partial charge in [0, 0.05) is 12.3 Å². The second-order valence-corrected chi connectivity index (χ2v) is 6.08. The number of anilines is 1. The van der Waals surface area contributed by atoms with Crippen molar-refractivity contribution in [3.8, 4) is 0 Å². The van der Waals surface area contributed by atoms with Gasteiger partial charge in [-0.1, -0.05) is 11.6 Å². The molecule has 0 aliphatic rings. The molecular formula is C14H18ClN5O3. The van der Waals surface area contributed by atoms with Crippen LogP contribution in [0, 0.1) is 13.8 Å². The van der Waals surface area contributed by atoms with Crippen LogP contribution in [0.1, 0.15) is 25.2 Å². The van der Waals surface area contributed by atoms with Gasteiger partial charge in [-0.15, -0.1) is 0 Å². The number of aliphatic carboxylic acids is 1. The zero-order chi connectivity index (χ0) is 17.4. The van der Waals surface area contributed by atoms with E-state index in [1.54, 1.807) is 13.8 Å². The largest absolute Gasteiger partial charge is 0.479 e. The summed E-state index contributed by atoms with van der Waals surface area (Å²) in [6, 6.07) is 1.54. The molecule has 0 aliphatic heterocycles. The minimum absolute atomic E-state index is 0.00538. The third kappa shape index (κ3) is 3.37. The third-order valence-electron chi connectivity index (χ3n) is 3.54. The molecule has 0 unspecified atom stereocenters. The summed E-state index contributed by atoms with van der Waals surface area (Å²) in [5.74, 6) is -1.07. The summed E-state index contributed by atoms with van der Waals surface area (Å²) < 4.78 is 2.79. The molecule has 0 fully saturated rings. The molecule has 1 amide bonds. The van der Waals surface area contributed by atoms with Crippen molar-refractivity contribution in [3.63, 3.8) is 0 Å². The Morgan fingerprint density at radius 3 is 2.52 bits per heavy atom. The highest BCUT2D eigenvalue weighted by Crippen LogP contribution is 2.19. The van der Waals surface area contributed by atoms with Crippen LogP contribution in [0.15, 0.2) is 12.3 Å². The molecular weight excluding hydrogens is 322 g/mol. The molecule has 23 heavy (non-hydrogen) atoms. The van der Waals surface area contributed by atoms with E-state index < -0.39 is 11.5 Å². The Hall–Kier alpha value is -2.35. The van der Waals surface area contributed by atoms with Crippen LogP contribution < -0.4 is 5.32 Å². The number of amides is 1. The van der Waals surface area contributed by atoms with Gasteiger partial charge in [0.2, 0.25) is 5.91 Å². The first-order valence-electron chi connectivity index (χ1n) is 6.92. The van der Waals surface area contributed by atoms with Gasteiger partial charge in [0.1, 0.15) is 6.54 Å². The number of carboxylic acid groups (broad SMARTS) is 1. The van der Waals surface area contributed by atoms with E-state index in [4.69, 9.17) is 16.7 Å². The molecule has 2 aromatic rings. The number of carbonyl (C=O) groups excluding carboxylic acids is 1. The number of rotatable bonds is 5. The number of nitrogens with one attached hydrogen (secondary N) is 1. The Morgan fingerprint density at radius 1 is 1.35 bits per heavy atom. The number of hydrogen-bond acceptors (Lipinski definition) is 4. The Morgan fingerprint density at radius 2 is 2.00 bits per heavy atom. The van der Waals surface area contributed by atoms with Gasteiger partial charge in [0.15, 0.2) is 11.4 Å². The summed E-state index contributed by atoms with van der Waals surface area (Å²) in [6.07, 6.45) is 1.50. The highest BCUT2D eigenvalue weighted by Gasteiger charge is 2.30. The minimum atomic E-state index is -1.20. The number of aromatic nitrogens is 4. The van der Waals surface area contributed by atoms with Gasteiger partial charge in [0.05, 0.1) is 16.4 Å². The smallest absolute Gasteiger partial charge is 0.331 e. The Labute approximate surface area is 138 Å². The van der Waals surface area contributed by atoms with E-state index >= 15 is 0 Å². The van der Waals surface area contributed by atoms with E-state index in [1.807, 2.05) is 0 Å². The summed E-state index contributed by atoms with van der Waals surface area (Å²) in [5.41, 5.74) is 0.160. The highest BCUT2D eigenvalue weighted by atomic mass is 35.5. The van der Waals surface area contributed by atoms with Gasteiger partial charge < -0.3 is 10.4 Å². The Kier molecular flexibility index (Phi) is 4.46. The van der Waals surface area contributed by atoms with Gasteiger partial charge >= 0.3 is 5.97 Å². The molecule has 0 bridgehead atoms. The van der Waals surface area contributed by atoms with Crippen molar-refractivity contribution < 1.29 is 14.7 Å². The van der Waals surface area contributed by atoms with Crippen LogP contribution in [0.5, 0.6) is 0 Å². The second kappa shape index (κ2) is 6.04. The van der Waals surface area contributed by atoms with E-state index in [-0.39, 0.29) is 18.3 Å². The SMILES string of the molecule is Cc1nn(CC(=O)Nc2ccn(C(C)(C)C(=O)O)n2)c(C)c1Cl. The summed E-state index contributed by atoms with van der Waals surface area (Å²) in [6.45, 7) is 6.57. The fourth-order valence-electron chi connectivity index (χ4n) is 1.95. The van der Waals surface area contributed by atoms with Crippen LogP contribution in [-0.4, -0.2) is 36.5 Å². The number of hydrogen-bond donors (Lipinski definition) is 2. The zero-order valence-electron chi connectivity index (χ0n) is 13.3. The normalized spacial score (nSPS) is 11.5. The molecule has 0 aliphatic carbocycles. The quantitative estimate of drug-likeness (QED) is 0.864. The molecule has 124 valence electrons. The highest BCUT2D eigenvalue weighted by molar-refractivity contribution is 6.31. The molecule has 9 heteroatoms. The van der Waals surface area contributed by atoms with Crippen LogP contribution in [0.4, 0.5) is 5.82 Å². The Balaban J connectivity index is 2.08. The van der Waals surface area contributed by atoms with Crippen molar-refractivity contribution in [1.82, 2.24) is 19.6 Å². The van der Waals surface area contributed by atoms with Gasteiger partial charge in [-0.3, -0.25) is 14.2 Å². The lowest BCUT2D eigenvalue weighted by Gasteiger charge is -2.19. The molecule has 2 rings (SSSR count). The van der Waals surface area contributed by atoms with Crippen molar-refractivity contribution in [2.24, 2.45) is 0 Å². The van der Waals surface area contributed by atoms with Gasteiger partial charge in [-0.25, -0.2) is 4.79 Å². The molecule has 2 N–H and O–H groups in total. The number of aryl methyl sites for hydroxylation is 1. The molecule has 0 spiro atoms. The second-order valence-electron chi connectivity index (χ2n) is 5.70. The topological polar surface area (TPSA) is 102 Å². The predicted molar refractivity (Wildman–Crippen MR) is 84.5 cm³/mol. The van der Waals surface area contributed by atoms with Crippen LogP contribution in [-0.2, 0) is 21.7 Å². The first-order chi connectivity index (χ1) is 10.6. The molecule has 0 saturated carbocycles. The van der Waals surface area contributed by atoms with Crippen molar-refractivity contribution >= 4 is 29.3 Å². The van der Waals surface area contributed by atoms with Gasteiger partial charge in [-0.2, -0.15) is 10.2 Å². The predicted octanol–water partition coefficient (Wildman–Crippen LogP) is 1.81. The first-order valence-corrected chi connectivity index (χ1v) is 7.29. The van der Waals surface area contributed by atoms with Crippen molar-refractivity contribution in [3.05, 3.63) is 28.7 Å². The lowest BCUT2D eigenvalue weighted by molar-refractivity contribution is -0.146. The van der Waals surface area contributed by atoms with Crippen LogP contribution >= 0.6 is 11.6 Å². The molecule has 0 atom stereocenters. The van der Waals surface area contributed by atoms with Gasteiger partial charge in [0.25, 0.3) is 0 Å². The molecule has 0 radical (unpaired) electrons. The van der Waals surface area contributed by atoms with E-state index in [1.165, 1.54) is 35.5 Å². The maximum absolute atomic E-state index is 12.1.